The van der Waals surface area contributed by atoms with Crippen LogP contribution in [0.3, 0.4) is 0 Å². The molecule has 3 heterocycles. The summed E-state index contributed by atoms with van der Waals surface area (Å²) in [7, 11) is 1.61. The van der Waals surface area contributed by atoms with Gasteiger partial charge in [-0.25, -0.2) is 0 Å². The molecule has 0 bridgehead atoms. The molecule has 0 unspecified atom stereocenters. The first-order chi connectivity index (χ1) is 16.5. The van der Waals surface area contributed by atoms with Crippen LogP contribution in [0.25, 0.3) is 10.9 Å². The van der Waals surface area contributed by atoms with Crippen molar-refractivity contribution in [2.24, 2.45) is 11.8 Å². The van der Waals surface area contributed by atoms with E-state index in [2.05, 4.69) is 20.1 Å². The number of hydrogen-bond donors (Lipinski definition) is 2. The fourth-order valence-corrected chi connectivity index (χ4v) is 5.51. The number of carboxylic acid groups (broad SMARTS) is 1. The van der Waals surface area contributed by atoms with Crippen LogP contribution >= 0.6 is 11.8 Å². The Morgan fingerprint density at radius 2 is 2.15 bits per heavy atom. The lowest BCUT2D eigenvalue weighted by Gasteiger charge is -2.37. The number of aliphatic hydroxyl groups is 1. The van der Waals surface area contributed by atoms with Crippen LogP contribution in [0.1, 0.15) is 30.9 Å². The quantitative estimate of drug-likeness (QED) is 0.418. The number of rotatable bonds is 10. The van der Waals surface area contributed by atoms with Crippen LogP contribution in [0.2, 0.25) is 0 Å². The second kappa shape index (κ2) is 11.6. The maximum atomic E-state index is 12.0. The van der Waals surface area contributed by atoms with Crippen molar-refractivity contribution in [3.05, 3.63) is 54.5 Å². The van der Waals surface area contributed by atoms with Crippen LogP contribution in [0.4, 0.5) is 0 Å². The number of benzene rings is 1. The lowest BCUT2D eigenvalue weighted by atomic mass is 9.81. The zero-order valence-corrected chi connectivity index (χ0v) is 20.0. The fraction of sp³-hybridized carbons (Fsp3) is 0.440. The van der Waals surface area contributed by atoms with Gasteiger partial charge in [0.15, 0.2) is 0 Å². The molecule has 180 valence electrons. The minimum Gasteiger partial charge on any atom is -0.497 e. The van der Waals surface area contributed by atoms with Gasteiger partial charge in [0.05, 0.1) is 37.0 Å². The molecule has 8 nitrogen and oxygen atoms in total. The Morgan fingerprint density at radius 1 is 1.26 bits per heavy atom. The van der Waals surface area contributed by atoms with E-state index in [-0.39, 0.29) is 5.92 Å². The molecule has 9 heteroatoms. The van der Waals surface area contributed by atoms with Crippen molar-refractivity contribution < 1.29 is 19.7 Å². The van der Waals surface area contributed by atoms with E-state index in [1.54, 1.807) is 37.5 Å². The highest BCUT2D eigenvalue weighted by atomic mass is 32.2. The molecule has 34 heavy (non-hydrogen) atoms. The van der Waals surface area contributed by atoms with Gasteiger partial charge < -0.3 is 19.8 Å². The highest BCUT2D eigenvalue weighted by Crippen LogP contribution is 2.34. The molecule has 0 spiro atoms. The third kappa shape index (κ3) is 6.02. The predicted molar refractivity (Wildman–Crippen MR) is 131 cm³/mol. The summed E-state index contributed by atoms with van der Waals surface area (Å²) in [6.45, 7) is 2.24. The molecular formula is C25H30N4O4S. The normalized spacial score (nSPS) is 19.7. The zero-order valence-electron chi connectivity index (χ0n) is 19.2. The zero-order chi connectivity index (χ0) is 23.9. The monoisotopic (exact) mass is 482 g/mol. The molecule has 3 atom stereocenters. The Bertz CT molecular complexity index is 1100. The van der Waals surface area contributed by atoms with Crippen molar-refractivity contribution in [3.8, 4) is 5.75 Å². The summed E-state index contributed by atoms with van der Waals surface area (Å²) in [5, 5.41) is 29.4. The van der Waals surface area contributed by atoms with Crippen LogP contribution in [0.5, 0.6) is 5.75 Å². The maximum Gasteiger partial charge on any atom is 0.308 e. The number of carboxylic acids is 1. The number of aliphatic carboxylic acids is 1. The molecular weight excluding hydrogens is 452 g/mol. The molecule has 0 radical (unpaired) electrons. The Balaban J connectivity index is 1.34. The highest BCUT2D eigenvalue weighted by molar-refractivity contribution is 7.99. The number of ether oxygens (including phenoxy) is 1. The average Bonchev–Trinajstić information content (AvgIpc) is 2.87. The van der Waals surface area contributed by atoms with Crippen LogP contribution in [-0.4, -0.2) is 68.8 Å². The molecule has 0 saturated carbocycles. The molecule has 1 aliphatic heterocycles. The first-order valence-electron chi connectivity index (χ1n) is 11.5. The van der Waals surface area contributed by atoms with Gasteiger partial charge in [0, 0.05) is 35.3 Å². The van der Waals surface area contributed by atoms with E-state index in [4.69, 9.17) is 4.74 Å². The lowest BCUT2D eigenvalue weighted by molar-refractivity contribution is -0.146. The van der Waals surface area contributed by atoms with Gasteiger partial charge in [0.1, 0.15) is 5.75 Å². The number of aliphatic hydroxyl groups excluding tert-OH is 1. The highest BCUT2D eigenvalue weighted by Gasteiger charge is 2.34. The van der Waals surface area contributed by atoms with Gasteiger partial charge in [-0.2, -0.15) is 10.2 Å². The van der Waals surface area contributed by atoms with E-state index in [0.717, 1.165) is 46.6 Å². The SMILES string of the molecule is COc1ccc2nccc([C@H](O)CC[C@@H]3CCN(CCSc4ccnnc4)C[C@@H]3C(=O)O)c2c1. The van der Waals surface area contributed by atoms with Gasteiger partial charge in [-0.05, 0) is 67.6 Å². The molecule has 1 fully saturated rings. The van der Waals surface area contributed by atoms with Crippen LogP contribution < -0.4 is 4.74 Å². The molecule has 1 saturated heterocycles. The topological polar surface area (TPSA) is 109 Å². The number of pyridine rings is 1. The Hall–Kier alpha value is -2.75. The summed E-state index contributed by atoms with van der Waals surface area (Å²) in [4.78, 5) is 19.7. The molecule has 4 rings (SSSR count). The van der Waals surface area contributed by atoms with Crippen molar-refractivity contribution in [3.63, 3.8) is 0 Å². The van der Waals surface area contributed by atoms with Crippen molar-refractivity contribution in [2.45, 2.75) is 30.3 Å². The van der Waals surface area contributed by atoms with E-state index in [1.165, 1.54) is 0 Å². The average molecular weight is 483 g/mol. The molecule has 1 aliphatic rings. The number of fused-ring (bicyclic) bond motifs is 1. The third-order valence-corrected chi connectivity index (χ3v) is 7.50. The molecule has 0 aliphatic carbocycles. The van der Waals surface area contributed by atoms with E-state index in [1.807, 2.05) is 30.3 Å². The lowest BCUT2D eigenvalue weighted by Crippen LogP contribution is -2.44. The summed E-state index contributed by atoms with van der Waals surface area (Å²) in [6, 6.07) is 9.38. The van der Waals surface area contributed by atoms with E-state index < -0.39 is 18.0 Å². The molecule has 1 aromatic carbocycles. The second-order valence-electron chi connectivity index (χ2n) is 8.60. The van der Waals surface area contributed by atoms with Crippen molar-refractivity contribution in [1.29, 1.82) is 0 Å². The molecule has 3 aromatic rings. The molecule has 0 amide bonds. The number of nitrogens with zero attached hydrogens (tertiary/aromatic N) is 4. The van der Waals surface area contributed by atoms with Crippen molar-refractivity contribution >= 4 is 28.6 Å². The minimum atomic E-state index is -0.755. The summed E-state index contributed by atoms with van der Waals surface area (Å²) in [5.74, 6) is 0.450. The van der Waals surface area contributed by atoms with Gasteiger partial charge in [0.25, 0.3) is 0 Å². The van der Waals surface area contributed by atoms with Gasteiger partial charge in [-0.15, -0.1) is 11.8 Å². The molecule has 2 aromatic heterocycles. The first kappa shape index (κ1) is 24.4. The summed E-state index contributed by atoms with van der Waals surface area (Å²) in [5.41, 5.74) is 1.60. The summed E-state index contributed by atoms with van der Waals surface area (Å²) < 4.78 is 5.33. The maximum absolute atomic E-state index is 12.0. The predicted octanol–water partition coefficient (Wildman–Crippen LogP) is 3.66. The number of methoxy groups -OCH3 is 1. The van der Waals surface area contributed by atoms with Gasteiger partial charge in [0.2, 0.25) is 0 Å². The number of hydrogen-bond acceptors (Lipinski definition) is 8. The largest absolute Gasteiger partial charge is 0.497 e. The minimum absolute atomic E-state index is 0.0445. The van der Waals surface area contributed by atoms with E-state index in [0.29, 0.717) is 25.1 Å². The summed E-state index contributed by atoms with van der Waals surface area (Å²) >= 11 is 1.70. The van der Waals surface area contributed by atoms with Gasteiger partial charge in [-0.3, -0.25) is 9.78 Å². The second-order valence-corrected chi connectivity index (χ2v) is 9.77. The fourth-order valence-electron chi connectivity index (χ4n) is 4.64. The van der Waals surface area contributed by atoms with E-state index >= 15 is 0 Å². The number of likely N-dealkylation sites (tertiary alicyclic amines) is 1. The van der Waals surface area contributed by atoms with Gasteiger partial charge in [-0.1, -0.05) is 0 Å². The van der Waals surface area contributed by atoms with Gasteiger partial charge >= 0.3 is 5.97 Å². The third-order valence-electron chi connectivity index (χ3n) is 6.54. The van der Waals surface area contributed by atoms with Crippen molar-refractivity contribution in [1.82, 2.24) is 20.1 Å². The van der Waals surface area contributed by atoms with Crippen LogP contribution in [0.15, 0.2) is 53.8 Å². The smallest absolute Gasteiger partial charge is 0.308 e. The van der Waals surface area contributed by atoms with E-state index in [9.17, 15) is 15.0 Å². The van der Waals surface area contributed by atoms with Crippen LogP contribution in [-0.2, 0) is 4.79 Å². The Kier molecular flexibility index (Phi) is 8.31. The van der Waals surface area contributed by atoms with Crippen LogP contribution in [0, 0.1) is 11.8 Å². The Morgan fingerprint density at radius 3 is 2.91 bits per heavy atom. The standard InChI is InChI=1S/C25H30N4O4S/c1-33-18-3-4-23-21(14-18)20(7-9-26-23)24(30)5-2-17-8-11-29(16-22(17)25(31)32)12-13-34-19-6-10-27-28-15-19/h3-4,6-7,9-10,14-15,17,22,24,30H,2,5,8,11-13,16H2,1H3,(H,31,32)/t17-,22+,24-/m1/s1. The van der Waals surface area contributed by atoms with Crippen molar-refractivity contribution in [2.75, 3.05) is 32.5 Å². The summed E-state index contributed by atoms with van der Waals surface area (Å²) in [6.07, 6.45) is 6.42. The number of thioether (sulfide) groups is 1. The Labute approximate surface area is 203 Å². The number of carbonyl (C=O) groups is 1. The number of piperidine rings is 1. The first-order valence-corrected chi connectivity index (χ1v) is 12.5. The number of aromatic nitrogens is 3. The molecule has 2 N–H and O–H groups in total.